The maximum absolute atomic E-state index is 5.88. The number of hydrogen-bond donors (Lipinski definition) is 2. The molecular weight excluding hydrogens is 280 g/mol. The van der Waals surface area contributed by atoms with Crippen LogP contribution in [-0.2, 0) is 0 Å². The van der Waals surface area contributed by atoms with E-state index in [1.807, 2.05) is 0 Å². The molecule has 0 amide bonds. The Hall–Kier alpha value is -0.680. The summed E-state index contributed by atoms with van der Waals surface area (Å²) in [6, 6.07) is 0.321. The SMILES string of the molecule is NCC(Nc1ncncc1Br)C1CCCCC1. The Morgan fingerprint density at radius 1 is 1.41 bits per heavy atom. The highest BCUT2D eigenvalue weighted by Gasteiger charge is 2.23. The highest BCUT2D eigenvalue weighted by molar-refractivity contribution is 9.10. The number of nitrogens with one attached hydrogen (secondary N) is 1. The van der Waals surface area contributed by atoms with Crippen molar-refractivity contribution in [1.29, 1.82) is 0 Å². The zero-order chi connectivity index (χ0) is 12.1. The molecule has 2 rings (SSSR count). The number of rotatable bonds is 4. The van der Waals surface area contributed by atoms with Crippen molar-refractivity contribution in [2.45, 2.75) is 38.1 Å². The van der Waals surface area contributed by atoms with Crippen LogP contribution in [0, 0.1) is 5.92 Å². The van der Waals surface area contributed by atoms with Gasteiger partial charge in [0.2, 0.25) is 0 Å². The normalized spacial score (nSPS) is 18.9. The topological polar surface area (TPSA) is 63.8 Å². The second-order valence-electron chi connectivity index (χ2n) is 4.60. The minimum Gasteiger partial charge on any atom is -0.365 e. The van der Waals surface area contributed by atoms with E-state index in [2.05, 4.69) is 31.2 Å². The van der Waals surface area contributed by atoms with Crippen LogP contribution >= 0.6 is 15.9 Å². The largest absolute Gasteiger partial charge is 0.365 e. The molecule has 1 unspecified atom stereocenters. The van der Waals surface area contributed by atoms with Crippen molar-refractivity contribution in [2.24, 2.45) is 11.7 Å². The first-order valence-corrected chi connectivity index (χ1v) is 7.02. The van der Waals surface area contributed by atoms with Crippen molar-refractivity contribution < 1.29 is 0 Å². The van der Waals surface area contributed by atoms with Crippen LogP contribution in [0.4, 0.5) is 5.82 Å². The van der Waals surface area contributed by atoms with Gasteiger partial charge in [0.1, 0.15) is 12.1 Å². The van der Waals surface area contributed by atoms with E-state index in [1.54, 1.807) is 12.5 Å². The van der Waals surface area contributed by atoms with Gasteiger partial charge in [0.05, 0.1) is 4.47 Å². The van der Waals surface area contributed by atoms with Crippen molar-refractivity contribution in [3.63, 3.8) is 0 Å². The zero-order valence-electron chi connectivity index (χ0n) is 9.90. The Morgan fingerprint density at radius 3 is 2.82 bits per heavy atom. The lowest BCUT2D eigenvalue weighted by atomic mass is 9.84. The molecule has 1 heterocycles. The Balaban J connectivity index is 2.01. The van der Waals surface area contributed by atoms with E-state index in [1.165, 1.54) is 32.1 Å². The Morgan fingerprint density at radius 2 is 2.18 bits per heavy atom. The molecule has 1 aliphatic carbocycles. The summed E-state index contributed by atoms with van der Waals surface area (Å²) in [5.41, 5.74) is 5.88. The van der Waals surface area contributed by atoms with Crippen LogP contribution < -0.4 is 11.1 Å². The Bertz CT molecular complexity index is 352. The molecule has 0 saturated heterocycles. The highest BCUT2D eigenvalue weighted by Crippen LogP contribution is 2.28. The average Bonchev–Trinajstić information content (AvgIpc) is 2.39. The van der Waals surface area contributed by atoms with Crippen LogP contribution in [0.3, 0.4) is 0 Å². The fourth-order valence-electron chi connectivity index (χ4n) is 2.50. The summed E-state index contributed by atoms with van der Waals surface area (Å²) in [7, 11) is 0. The van der Waals surface area contributed by atoms with Gasteiger partial charge >= 0.3 is 0 Å². The van der Waals surface area contributed by atoms with E-state index in [9.17, 15) is 0 Å². The maximum atomic E-state index is 5.88. The lowest BCUT2D eigenvalue weighted by Crippen LogP contribution is -2.37. The molecular formula is C12H19BrN4. The Kier molecular flexibility index (Phi) is 4.74. The van der Waals surface area contributed by atoms with Gasteiger partial charge in [-0.3, -0.25) is 0 Å². The third kappa shape index (κ3) is 3.39. The summed E-state index contributed by atoms with van der Waals surface area (Å²) >= 11 is 3.45. The van der Waals surface area contributed by atoms with E-state index in [0.29, 0.717) is 18.5 Å². The van der Waals surface area contributed by atoms with E-state index in [-0.39, 0.29) is 0 Å². The first kappa shape index (κ1) is 12.8. The molecule has 0 bridgehead atoms. The molecule has 17 heavy (non-hydrogen) atoms. The predicted molar refractivity (Wildman–Crippen MR) is 72.8 cm³/mol. The van der Waals surface area contributed by atoms with Crippen molar-refractivity contribution in [1.82, 2.24) is 9.97 Å². The number of halogens is 1. The summed E-state index contributed by atoms with van der Waals surface area (Å²) in [6.07, 6.45) is 9.88. The summed E-state index contributed by atoms with van der Waals surface area (Å²) in [4.78, 5) is 8.20. The standard InChI is InChI=1S/C12H19BrN4/c13-10-7-15-8-16-12(10)17-11(6-14)9-4-2-1-3-5-9/h7-9,11H,1-6,14H2,(H,15,16,17). The molecule has 1 atom stereocenters. The second kappa shape index (κ2) is 6.31. The highest BCUT2D eigenvalue weighted by atomic mass is 79.9. The van der Waals surface area contributed by atoms with Gasteiger partial charge in [-0.05, 0) is 34.7 Å². The second-order valence-corrected chi connectivity index (χ2v) is 5.46. The fourth-order valence-corrected chi connectivity index (χ4v) is 2.84. The van der Waals surface area contributed by atoms with E-state index < -0.39 is 0 Å². The number of hydrogen-bond acceptors (Lipinski definition) is 4. The smallest absolute Gasteiger partial charge is 0.144 e. The van der Waals surface area contributed by atoms with Crippen molar-refractivity contribution >= 4 is 21.7 Å². The number of nitrogens with two attached hydrogens (primary N) is 1. The molecule has 0 spiro atoms. The lowest BCUT2D eigenvalue weighted by Gasteiger charge is -2.30. The van der Waals surface area contributed by atoms with Crippen LogP contribution in [0.1, 0.15) is 32.1 Å². The van der Waals surface area contributed by atoms with Gasteiger partial charge in [0.25, 0.3) is 0 Å². The van der Waals surface area contributed by atoms with Crippen LogP contribution in [0.15, 0.2) is 17.0 Å². The number of aromatic nitrogens is 2. The minimum atomic E-state index is 0.321. The molecule has 1 aromatic rings. The third-order valence-electron chi connectivity index (χ3n) is 3.46. The number of nitrogens with zero attached hydrogens (tertiary/aromatic N) is 2. The molecule has 3 N–H and O–H groups in total. The predicted octanol–water partition coefficient (Wildman–Crippen LogP) is 2.56. The Labute approximate surface area is 111 Å². The summed E-state index contributed by atoms with van der Waals surface area (Å²) in [5.74, 6) is 1.52. The summed E-state index contributed by atoms with van der Waals surface area (Å²) < 4.78 is 0.897. The van der Waals surface area contributed by atoms with E-state index in [4.69, 9.17) is 5.73 Å². The molecule has 1 aromatic heterocycles. The van der Waals surface area contributed by atoms with Crippen LogP contribution in [0.25, 0.3) is 0 Å². The van der Waals surface area contributed by atoms with Crippen LogP contribution in [-0.4, -0.2) is 22.6 Å². The first-order valence-electron chi connectivity index (χ1n) is 6.23. The molecule has 0 aromatic carbocycles. The first-order chi connectivity index (χ1) is 8.31. The van der Waals surface area contributed by atoms with Gasteiger partial charge in [0, 0.05) is 18.8 Å². The van der Waals surface area contributed by atoms with Gasteiger partial charge in [-0.1, -0.05) is 19.3 Å². The van der Waals surface area contributed by atoms with Crippen LogP contribution in [0.5, 0.6) is 0 Å². The van der Waals surface area contributed by atoms with Gasteiger partial charge in [-0.15, -0.1) is 0 Å². The van der Waals surface area contributed by atoms with Gasteiger partial charge in [-0.2, -0.15) is 0 Å². The minimum absolute atomic E-state index is 0.321. The van der Waals surface area contributed by atoms with E-state index >= 15 is 0 Å². The van der Waals surface area contributed by atoms with Crippen molar-refractivity contribution in [3.8, 4) is 0 Å². The summed E-state index contributed by atoms with van der Waals surface area (Å²) in [6.45, 7) is 0.654. The van der Waals surface area contributed by atoms with Crippen LogP contribution in [0.2, 0.25) is 0 Å². The third-order valence-corrected chi connectivity index (χ3v) is 4.04. The fraction of sp³-hybridized carbons (Fsp3) is 0.667. The molecule has 94 valence electrons. The quantitative estimate of drug-likeness (QED) is 0.897. The van der Waals surface area contributed by atoms with Crippen molar-refractivity contribution in [3.05, 3.63) is 17.0 Å². The molecule has 0 aliphatic heterocycles. The van der Waals surface area contributed by atoms with E-state index in [0.717, 1.165) is 10.3 Å². The molecule has 0 radical (unpaired) electrons. The zero-order valence-corrected chi connectivity index (χ0v) is 11.5. The lowest BCUT2D eigenvalue weighted by molar-refractivity contribution is 0.320. The number of anilines is 1. The maximum Gasteiger partial charge on any atom is 0.144 e. The average molecular weight is 299 g/mol. The molecule has 5 heteroatoms. The summed E-state index contributed by atoms with van der Waals surface area (Å²) in [5, 5.41) is 3.44. The monoisotopic (exact) mass is 298 g/mol. The van der Waals surface area contributed by atoms with Gasteiger partial charge in [0.15, 0.2) is 0 Å². The van der Waals surface area contributed by atoms with Gasteiger partial charge in [-0.25, -0.2) is 9.97 Å². The molecule has 1 aliphatic rings. The molecule has 1 fully saturated rings. The van der Waals surface area contributed by atoms with Gasteiger partial charge < -0.3 is 11.1 Å². The molecule has 4 nitrogen and oxygen atoms in total. The van der Waals surface area contributed by atoms with Crippen molar-refractivity contribution in [2.75, 3.05) is 11.9 Å². The molecule has 1 saturated carbocycles.